The first-order chi connectivity index (χ1) is 6.36. The molecule has 1 fully saturated rings. The molecule has 78 valence electrons. The Morgan fingerprint density at radius 3 is 3.00 bits per heavy atom. The molecule has 0 aromatic rings. The summed E-state index contributed by atoms with van der Waals surface area (Å²) in [5.74, 6) is 0. The van der Waals surface area contributed by atoms with Crippen LogP contribution in [0.5, 0.6) is 0 Å². The maximum Gasteiger partial charge on any atom is 0.157 e. The lowest BCUT2D eigenvalue weighted by Crippen LogP contribution is -2.31. The molecule has 0 saturated carbocycles. The van der Waals surface area contributed by atoms with Crippen LogP contribution in [0.1, 0.15) is 25.7 Å². The number of nitrogens with two attached hydrogens (primary N) is 1. The van der Waals surface area contributed by atoms with Gasteiger partial charge in [-0.2, -0.15) is 0 Å². The zero-order chi connectivity index (χ0) is 9.52. The summed E-state index contributed by atoms with van der Waals surface area (Å²) in [5.41, 5.74) is 5.37. The largest absolute Gasteiger partial charge is 0.353 e. The summed E-state index contributed by atoms with van der Waals surface area (Å²) in [6.07, 6.45) is 5.74. The number of ether oxygens (including phenoxy) is 2. The third-order valence-electron chi connectivity index (χ3n) is 2.23. The first-order valence-electron chi connectivity index (χ1n) is 5.04. The van der Waals surface area contributed by atoms with Crippen molar-refractivity contribution in [2.24, 2.45) is 5.73 Å². The van der Waals surface area contributed by atoms with Crippen molar-refractivity contribution in [3.8, 4) is 0 Å². The van der Waals surface area contributed by atoms with Gasteiger partial charge in [0, 0.05) is 0 Å². The van der Waals surface area contributed by atoms with Gasteiger partial charge in [-0.1, -0.05) is 0 Å². The average molecular weight is 205 g/mol. The van der Waals surface area contributed by atoms with Gasteiger partial charge in [-0.3, -0.25) is 0 Å². The number of hydrogen-bond donors (Lipinski definition) is 1. The van der Waals surface area contributed by atoms with Crippen molar-refractivity contribution in [3.05, 3.63) is 0 Å². The molecule has 4 heteroatoms. The minimum Gasteiger partial charge on any atom is -0.353 e. The zero-order valence-corrected chi connectivity index (χ0v) is 9.23. The fraction of sp³-hybridized carbons (Fsp3) is 1.00. The molecule has 2 N–H and O–H groups in total. The summed E-state index contributed by atoms with van der Waals surface area (Å²) < 4.78 is 11.2. The van der Waals surface area contributed by atoms with Crippen LogP contribution in [0.4, 0.5) is 0 Å². The number of hydrogen-bond acceptors (Lipinski definition) is 3. The molecular formula is C9H20NO2P. The first-order valence-corrected chi connectivity index (χ1v) is 5.85. The van der Waals surface area contributed by atoms with Crippen LogP contribution in [0, 0.1) is 0 Å². The molecule has 0 bridgehead atoms. The third kappa shape index (κ3) is 4.37. The van der Waals surface area contributed by atoms with Gasteiger partial charge in [-0.15, -0.1) is 9.24 Å². The van der Waals surface area contributed by atoms with Crippen LogP contribution in [0.3, 0.4) is 0 Å². The molecular weight excluding hydrogens is 185 g/mol. The molecule has 1 aliphatic heterocycles. The Balaban J connectivity index is 2.11. The van der Waals surface area contributed by atoms with E-state index in [0.717, 1.165) is 25.6 Å². The fourth-order valence-corrected chi connectivity index (χ4v) is 1.80. The second-order valence-corrected chi connectivity index (χ2v) is 3.84. The summed E-state index contributed by atoms with van der Waals surface area (Å²) in [6.45, 7) is 1.42. The molecule has 0 aliphatic carbocycles. The van der Waals surface area contributed by atoms with Crippen LogP contribution in [-0.4, -0.2) is 31.7 Å². The summed E-state index contributed by atoms with van der Waals surface area (Å²) >= 11 is 0. The van der Waals surface area contributed by atoms with E-state index in [1.807, 2.05) is 0 Å². The van der Waals surface area contributed by atoms with Crippen LogP contribution < -0.4 is 5.73 Å². The van der Waals surface area contributed by atoms with E-state index < -0.39 is 0 Å². The normalized spacial score (nSPS) is 29.1. The van der Waals surface area contributed by atoms with E-state index in [9.17, 15) is 0 Å². The summed E-state index contributed by atoms with van der Waals surface area (Å²) in [4.78, 5) is 0. The standard InChI is InChI=1S/C9H20NO2P/c10-5-2-6-11-9-4-1-3-8(7-13)12-9/h8-9H,1-7,10,13H2. The number of rotatable bonds is 5. The molecule has 0 aromatic carbocycles. The zero-order valence-electron chi connectivity index (χ0n) is 8.08. The Morgan fingerprint density at radius 2 is 2.31 bits per heavy atom. The van der Waals surface area contributed by atoms with Gasteiger partial charge in [0.15, 0.2) is 6.29 Å². The first kappa shape index (κ1) is 11.4. The lowest BCUT2D eigenvalue weighted by Gasteiger charge is -2.29. The highest BCUT2D eigenvalue weighted by molar-refractivity contribution is 7.16. The molecule has 13 heavy (non-hydrogen) atoms. The Morgan fingerprint density at radius 1 is 1.46 bits per heavy atom. The van der Waals surface area contributed by atoms with Gasteiger partial charge in [-0.05, 0) is 38.4 Å². The Bertz CT molecular complexity index is 135. The van der Waals surface area contributed by atoms with Crippen molar-refractivity contribution in [2.75, 3.05) is 19.3 Å². The van der Waals surface area contributed by atoms with E-state index in [2.05, 4.69) is 9.24 Å². The Hall–Kier alpha value is 0.310. The summed E-state index contributed by atoms with van der Waals surface area (Å²) in [7, 11) is 2.72. The van der Waals surface area contributed by atoms with Crippen LogP contribution in [0.15, 0.2) is 0 Å². The van der Waals surface area contributed by atoms with Gasteiger partial charge in [-0.25, -0.2) is 0 Å². The average Bonchev–Trinajstić information content (AvgIpc) is 2.19. The molecule has 3 nitrogen and oxygen atoms in total. The minimum absolute atomic E-state index is 0.0193. The molecule has 1 aliphatic rings. The third-order valence-corrected chi connectivity index (χ3v) is 2.75. The molecule has 1 heterocycles. The van der Waals surface area contributed by atoms with E-state index in [0.29, 0.717) is 12.6 Å². The van der Waals surface area contributed by atoms with E-state index in [-0.39, 0.29) is 6.29 Å². The van der Waals surface area contributed by atoms with Crippen molar-refractivity contribution in [2.45, 2.75) is 38.1 Å². The smallest absolute Gasteiger partial charge is 0.157 e. The quantitative estimate of drug-likeness (QED) is 0.540. The lowest BCUT2D eigenvalue weighted by atomic mass is 10.1. The predicted molar refractivity (Wildman–Crippen MR) is 56.7 cm³/mol. The Labute approximate surface area is 82.5 Å². The Kier molecular flexibility index (Phi) is 5.88. The van der Waals surface area contributed by atoms with Gasteiger partial charge in [0.05, 0.1) is 12.7 Å². The van der Waals surface area contributed by atoms with E-state index in [1.165, 1.54) is 12.8 Å². The van der Waals surface area contributed by atoms with Gasteiger partial charge < -0.3 is 15.2 Å². The summed E-state index contributed by atoms with van der Waals surface area (Å²) in [6, 6.07) is 0. The molecule has 0 aromatic heterocycles. The van der Waals surface area contributed by atoms with E-state index in [1.54, 1.807) is 0 Å². The minimum atomic E-state index is 0.0193. The van der Waals surface area contributed by atoms with Gasteiger partial charge in [0.25, 0.3) is 0 Å². The van der Waals surface area contributed by atoms with Gasteiger partial charge >= 0.3 is 0 Å². The molecule has 3 atom stereocenters. The predicted octanol–water partition coefficient (Wildman–Crippen LogP) is 1.12. The molecule has 0 radical (unpaired) electrons. The van der Waals surface area contributed by atoms with Crippen LogP contribution in [0.2, 0.25) is 0 Å². The van der Waals surface area contributed by atoms with Crippen LogP contribution >= 0.6 is 9.24 Å². The molecule has 1 saturated heterocycles. The van der Waals surface area contributed by atoms with E-state index >= 15 is 0 Å². The van der Waals surface area contributed by atoms with E-state index in [4.69, 9.17) is 15.2 Å². The van der Waals surface area contributed by atoms with Crippen LogP contribution in [-0.2, 0) is 9.47 Å². The second-order valence-electron chi connectivity index (χ2n) is 3.37. The van der Waals surface area contributed by atoms with Crippen molar-refractivity contribution in [1.29, 1.82) is 0 Å². The molecule has 0 amide bonds. The fourth-order valence-electron chi connectivity index (χ4n) is 1.46. The maximum absolute atomic E-state index is 5.70. The SMILES string of the molecule is NCCCOC1CCCC(CP)O1. The molecule has 3 unspecified atom stereocenters. The van der Waals surface area contributed by atoms with Crippen molar-refractivity contribution >= 4 is 9.24 Å². The monoisotopic (exact) mass is 205 g/mol. The van der Waals surface area contributed by atoms with Gasteiger partial charge in [0.2, 0.25) is 0 Å². The van der Waals surface area contributed by atoms with Crippen molar-refractivity contribution in [1.82, 2.24) is 0 Å². The van der Waals surface area contributed by atoms with Gasteiger partial charge in [0.1, 0.15) is 0 Å². The highest BCUT2D eigenvalue weighted by Crippen LogP contribution is 2.21. The molecule has 1 rings (SSSR count). The van der Waals surface area contributed by atoms with Crippen LogP contribution in [0.25, 0.3) is 0 Å². The van der Waals surface area contributed by atoms with Crippen molar-refractivity contribution < 1.29 is 9.47 Å². The second kappa shape index (κ2) is 6.72. The molecule has 0 spiro atoms. The lowest BCUT2D eigenvalue weighted by molar-refractivity contribution is -0.187. The topological polar surface area (TPSA) is 44.5 Å². The maximum atomic E-state index is 5.70. The van der Waals surface area contributed by atoms with Crippen molar-refractivity contribution in [3.63, 3.8) is 0 Å². The highest BCUT2D eigenvalue weighted by Gasteiger charge is 2.20. The summed E-state index contributed by atoms with van der Waals surface area (Å²) in [5, 5.41) is 0. The highest BCUT2D eigenvalue weighted by atomic mass is 31.0.